The van der Waals surface area contributed by atoms with Gasteiger partial charge in [0.05, 0.1) is 17.7 Å². The van der Waals surface area contributed by atoms with Crippen molar-refractivity contribution in [2.24, 2.45) is 0 Å². The van der Waals surface area contributed by atoms with Gasteiger partial charge in [-0.25, -0.2) is 9.18 Å². The molecule has 0 aliphatic carbocycles. The largest absolute Gasteiger partial charge is 0.374 e. The zero-order valence-corrected chi connectivity index (χ0v) is 18.1. The summed E-state index contributed by atoms with van der Waals surface area (Å²) in [5.41, 5.74) is 0.501. The number of carbonyl (C=O) groups is 1. The Kier molecular flexibility index (Phi) is 8.12. The van der Waals surface area contributed by atoms with E-state index in [4.69, 9.17) is 16.3 Å². The van der Waals surface area contributed by atoms with Crippen LogP contribution in [0.5, 0.6) is 0 Å². The van der Waals surface area contributed by atoms with Crippen LogP contribution in [0, 0.1) is 5.82 Å². The van der Waals surface area contributed by atoms with E-state index in [1.807, 2.05) is 0 Å². The molecule has 2 heterocycles. The molecule has 162 valence electrons. The molecule has 0 unspecified atom stereocenters. The van der Waals surface area contributed by atoms with Gasteiger partial charge in [-0.1, -0.05) is 24.9 Å². The van der Waals surface area contributed by atoms with E-state index in [0.29, 0.717) is 24.8 Å². The van der Waals surface area contributed by atoms with Gasteiger partial charge in [-0.3, -0.25) is 9.80 Å². The maximum atomic E-state index is 13.3. The van der Waals surface area contributed by atoms with Gasteiger partial charge in [-0.2, -0.15) is 0 Å². The summed E-state index contributed by atoms with van der Waals surface area (Å²) in [6.45, 7) is 11.2. The van der Waals surface area contributed by atoms with Gasteiger partial charge in [0.1, 0.15) is 5.82 Å². The summed E-state index contributed by atoms with van der Waals surface area (Å²) in [6.07, 6.45) is 2.65. The second-order valence-electron chi connectivity index (χ2n) is 7.97. The third-order valence-electron chi connectivity index (χ3n) is 5.79. The molecule has 1 N–H and O–H groups in total. The van der Waals surface area contributed by atoms with E-state index in [1.54, 1.807) is 4.90 Å². The quantitative estimate of drug-likeness (QED) is 0.756. The van der Waals surface area contributed by atoms with Crippen LogP contribution in [0.4, 0.5) is 14.9 Å². The highest BCUT2D eigenvalue weighted by Crippen LogP contribution is 2.20. The van der Waals surface area contributed by atoms with Crippen molar-refractivity contribution in [1.82, 2.24) is 14.7 Å². The number of nitrogens with zero attached hydrogens (tertiary/aromatic N) is 3. The minimum Gasteiger partial charge on any atom is -0.374 e. The van der Waals surface area contributed by atoms with Crippen LogP contribution < -0.4 is 5.32 Å². The average molecular weight is 427 g/mol. The number of anilines is 1. The van der Waals surface area contributed by atoms with E-state index in [-0.39, 0.29) is 17.2 Å². The van der Waals surface area contributed by atoms with Crippen LogP contribution in [0.1, 0.15) is 26.7 Å². The molecule has 0 aromatic heterocycles. The second-order valence-corrected chi connectivity index (χ2v) is 8.38. The number of hydrogen-bond acceptors (Lipinski definition) is 4. The van der Waals surface area contributed by atoms with Gasteiger partial charge in [0.2, 0.25) is 0 Å². The lowest BCUT2D eigenvalue weighted by Gasteiger charge is -2.40. The number of carbonyl (C=O) groups excluding carboxylic acids is 1. The van der Waals surface area contributed by atoms with E-state index in [1.165, 1.54) is 31.0 Å². The van der Waals surface area contributed by atoms with Gasteiger partial charge in [-0.15, -0.1) is 0 Å². The maximum absolute atomic E-state index is 13.3. The fraction of sp³-hybridized carbons (Fsp3) is 0.667. The van der Waals surface area contributed by atoms with Crippen LogP contribution in [0.2, 0.25) is 5.02 Å². The lowest BCUT2D eigenvalue weighted by Crippen LogP contribution is -2.55. The molecule has 2 amide bonds. The van der Waals surface area contributed by atoms with Gasteiger partial charge in [0.15, 0.2) is 0 Å². The molecule has 3 rings (SSSR count). The number of nitrogens with one attached hydrogen (secondary N) is 1. The van der Waals surface area contributed by atoms with Gasteiger partial charge in [0, 0.05) is 57.5 Å². The molecular weight excluding hydrogens is 395 g/mol. The lowest BCUT2D eigenvalue weighted by atomic mass is 10.1. The number of amides is 2. The van der Waals surface area contributed by atoms with Crippen molar-refractivity contribution in [2.75, 3.05) is 57.7 Å². The standard InChI is InChI=1S/C21H32ClFN4O2/c1-3-4-16(2)27-11-12-29-18(15-27)14-25-7-9-26(10-8-25)21(28)24-17-5-6-20(23)19(22)13-17/h5-6,13,16,18H,3-4,7-12,14-15H2,1-2H3,(H,24,28)/t16-,18+/m0/s1. The summed E-state index contributed by atoms with van der Waals surface area (Å²) >= 11 is 5.78. The first-order valence-corrected chi connectivity index (χ1v) is 10.9. The molecule has 2 saturated heterocycles. The van der Waals surface area contributed by atoms with Crippen molar-refractivity contribution < 1.29 is 13.9 Å². The SMILES string of the molecule is CCC[C@H](C)N1CCO[C@H](CN2CCN(C(=O)Nc3ccc(F)c(Cl)c3)CC2)C1. The van der Waals surface area contributed by atoms with E-state index >= 15 is 0 Å². The Morgan fingerprint density at radius 1 is 1.31 bits per heavy atom. The van der Waals surface area contributed by atoms with Crippen molar-refractivity contribution in [1.29, 1.82) is 0 Å². The molecular formula is C21H32ClFN4O2. The maximum Gasteiger partial charge on any atom is 0.321 e. The fourth-order valence-electron chi connectivity index (χ4n) is 4.05. The summed E-state index contributed by atoms with van der Waals surface area (Å²) in [5.74, 6) is -0.495. The minimum absolute atomic E-state index is 0.00222. The topological polar surface area (TPSA) is 48.1 Å². The van der Waals surface area contributed by atoms with E-state index < -0.39 is 5.82 Å². The van der Waals surface area contributed by atoms with Gasteiger partial charge < -0.3 is 15.0 Å². The van der Waals surface area contributed by atoms with Crippen LogP contribution >= 0.6 is 11.6 Å². The number of halogens is 2. The number of urea groups is 1. The Bertz CT molecular complexity index is 685. The molecule has 8 heteroatoms. The van der Waals surface area contributed by atoms with Crippen molar-refractivity contribution in [3.8, 4) is 0 Å². The zero-order valence-electron chi connectivity index (χ0n) is 17.4. The zero-order chi connectivity index (χ0) is 20.8. The first-order valence-electron chi connectivity index (χ1n) is 10.5. The molecule has 29 heavy (non-hydrogen) atoms. The first kappa shape index (κ1) is 22.3. The third-order valence-corrected chi connectivity index (χ3v) is 6.08. The molecule has 1 aromatic carbocycles. The highest BCUT2D eigenvalue weighted by molar-refractivity contribution is 6.31. The molecule has 2 atom stereocenters. The molecule has 6 nitrogen and oxygen atoms in total. The van der Waals surface area contributed by atoms with Crippen LogP contribution in [0.25, 0.3) is 0 Å². The lowest BCUT2D eigenvalue weighted by molar-refractivity contribution is -0.0579. The Morgan fingerprint density at radius 2 is 2.07 bits per heavy atom. The second kappa shape index (κ2) is 10.6. The number of benzene rings is 1. The first-order chi connectivity index (χ1) is 14.0. The molecule has 0 saturated carbocycles. The van der Waals surface area contributed by atoms with Crippen molar-refractivity contribution in [3.05, 3.63) is 29.0 Å². The summed E-state index contributed by atoms with van der Waals surface area (Å²) in [7, 11) is 0. The van der Waals surface area contributed by atoms with Crippen LogP contribution in [-0.2, 0) is 4.74 Å². The molecule has 2 fully saturated rings. The molecule has 0 radical (unpaired) electrons. The van der Waals surface area contributed by atoms with Gasteiger partial charge in [-0.05, 0) is 31.5 Å². The molecule has 0 spiro atoms. The van der Waals surface area contributed by atoms with E-state index in [0.717, 1.165) is 39.3 Å². The van der Waals surface area contributed by atoms with Crippen LogP contribution in [0.3, 0.4) is 0 Å². The average Bonchev–Trinajstić information content (AvgIpc) is 2.71. The Labute approximate surface area is 177 Å². The van der Waals surface area contributed by atoms with Crippen molar-refractivity contribution in [2.45, 2.75) is 38.8 Å². The van der Waals surface area contributed by atoms with E-state index in [9.17, 15) is 9.18 Å². The van der Waals surface area contributed by atoms with Crippen LogP contribution in [-0.4, -0.2) is 85.3 Å². The normalized spacial score (nSPS) is 22.5. The number of rotatable bonds is 6. The number of morpholine rings is 1. The molecule has 2 aliphatic heterocycles. The Morgan fingerprint density at radius 3 is 2.76 bits per heavy atom. The van der Waals surface area contributed by atoms with Crippen molar-refractivity contribution in [3.63, 3.8) is 0 Å². The summed E-state index contributed by atoms with van der Waals surface area (Å²) < 4.78 is 19.3. The highest BCUT2D eigenvalue weighted by Gasteiger charge is 2.28. The third kappa shape index (κ3) is 6.28. The smallest absolute Gasteiger partial charge is 0.321 e. The molecule has 1 aromatic rings. The summed E-state index contributed by atoms with van der Waals surface area (Å²) in [5, 5.41) is 2.79. The summed E-state index contributed by atoms with van der Waals surface area (Å²) in [6, 6.07) is 4.62. The van der Waals surface area contributed by atoms with E-state index in [2.05, 4.69) is 29.0 Å². The Hall–Kier alpha value is -1.41. The monoisotopic (exact) mass is 426 g/mol. The predicted molar refractivity (Wildman–Crippen MR) is 114 cm³/mol. The van der Waals surface area contributed by atoms with Gasteiger partial charge >= 0.3 is 6.03 Å². The number of piperazine rings is 1. The minimum atomic E-state index is -0.495. The number of hydrogen-bond donors (Lipinski definition) is 1. The predicted octanol–water partition coefficient (Wildman–Crippen LogP) is 3.52. The fourth-order valence-corrected chi connectivity index (χ4v) is 4.23. The molecule has 2 aliphatic rings. The summed E-state index contributed by atoms with van der Waals surface area (Å²) in [4.78, 5) is 19.2. The molecule has 0 bridgehead atoms. The van der Waals surface area contributed by atoms with Crippen LogP contribution in [0.15, 0.2) is 18.2 Å². The highest BCUT2D eigenvalue weighted by atomic mass is 35.5. The Balaban J connectivity index is 1.43. The van der Waals surface area contributed by atoms with Gasteiger partial charge in [0.25, 0.3) is 0 Å². The van der Waals surface area contributed by atoms with Crippen molar-refractivity contribution >= 4 is 23.3 Å². The number of ether oxygens (including phenoxy) is 1.